The summed E-state index contributed by atoms with van der Waals surface area (Å²) in [7, 11) is 0. The van der Waals surface area contributed by atoms with Crippen LogP contribution in [0.5, 0.6) is 0 Å². The Bertz CT molecular complexity index is 333. The molecule has 1 aliphatic heterocycles. The molecule has 1 aromatic rings. The number of hydrogen-bond acceptors (Lipinski definition) is 1. The standard InChI is InChI=1S/C14H20BrN/c1-11-7-8-16(10-12(11)2)14-5-3-13(9-15)4-6-14/h3-6,11-12H,7-10H2,1-2H3. The minimum Gasteiger partial charge on any atom is -0.371 e. The fourth-order valence-electron chi connectivity index (χ4n) is 2.29. The topological polar surface area (TPSA) is 3.24 Å². The van der Waals surface area contributed by atoms with Crippen molar-refractivity contribution in [3.63, 3.8) is 0 Å². The zero-order chi connectivity index (χ0) is 11.5. The van der Waals surface area contributed by atoms with Gasteiger partial charge in [-0.05, 0) is 36.0 Å². The van der Waals surface area contributed by atoms with Gasteiger partial charge in [0.25, 0.3) is 0 Å². The van der Waals surface area contributed by atoms with Gasteiger partial charge in [0.05, 0.1) is 0 Å². The van der Waals surface area contributed by atoms with Gasteiger partial charge in [0.1, 0.15) is 0 Å². The van der Waals surface area contributed by atoms with Gasteiger partial charge in [-0.25, -0.2) is 0 Å². The van der Waals surface area contributed by atoms with E-state index in [4.69, 9.17) is 0 Å². The highest BCUT2D eigenvalue weighted by Crippen LogP contribution is 2.27. The third-order valence-corrected chi connectivity index (χ3v) is 4.44. The van der Waals surface area contributed by atoms with Crippen LogP contribution in [0.2, 0.25) is 0 Å². The molecule has 16 heavy (non-hydrogen) atoms. The Morgan fingerprint density at radius 1 is 1.19 bits per heavy atom. The normalized spacial score (nSPS) is 25.8. The minimum absolute atomic E-state index is 0.810. The van der Waals surface area contributed by atoms with Crippen LogP contribution < -0.4 is 4.90 Å². The van der Waals surface area contributed by atoms with Gasteiger partial charge in [-0.3, -0.25) is 0 Å². The molecular formula is C14H20BrN. The van der Waals surface area contributed by atoms with Crippen LogP contribution in [0.1, 0.15) is 25.8 Å². The Kier molecular flexibility index (Phi) is 3.91. The second kappa shape index (κ2) is 5.22. The fourth-order valence-corrected chi connectivity index (χ4v) is 2.67. The molecule has 1 heterocycles. The molecule has 0 aromatic heterocycles. The number of halogens is 1. The maximum Gasteiger partial charge on any atom is 0.0366 e. The van der Waals surface area contributed by atoms with Crippen molar-refractivity contribution < 1.29 is 0 Å². The summed E-state index contributed by atoms with van der Waals surface area (Å²) in [6.07, 6.45) is 1.32. The van der Waals surface area contributed by atoms with Crippen molar-refractivity contribution in [3.8, 4) is 0 Å². The van der Waals surface area contributed by atoms with E-state index in [0.717, 1.165) is 17.2 Å². The summed E-state index contributed by atoms with van der Waals surface area (Å²) in [5.41, 5.74) is 2.73. The number of benzene rings is 1. The van der Waals surface area contributed by atoms with Gasteiger partial charge in [0, 0.05) is 24.1 Å². The third-order valence-electron chi connectivity index (χ3n) is 3.79. The van der Waals surface area contributed by atoms with E-state index in [1.807, 2.05) is 0 Å². The smallest absolute Gasteiger partial charge is 0.0366 e. The second-order valence-corrected chi connectivity index (χ2v) is 5.55. The lowest BCUT2D eigenvalue weighted by molar-refractivity contribution is 0.324. The summed E-state index contributed by atoms with van der Waals surface area (Å²) in [6, 6.07) is 8.93. The van der Waals surface area contributed by atoms with Crippen molar-refractivity contribution in [3.05, 3.63) is 29.8 Å². The van der Waals surface area contributed by atoms with E-state index in [2.05, 4.69) is 58.9 Å². The van der Waals surface area contributed by atoms with Crippen molar-refractivity contribution in [1.82, 2.24) is 0 Å². The first kappa shape index (κ1) is 12.0. The lowest BCUT2D eigenvalue weighted by atomic mass is 9.88. The number of anilines is 1. The molecule has 1 fully saturated rings. The van der Waals surface area contributed by atoms with E-state index in [-0.39, 0.29) is 0 Å². The average Bonchev–Trinajstić information content (AvgIpc) is 2.33. The van der Waals surface area contributed by atoms with Gasteiger partial charge < -0.3 is 4.90 Å². The third kappa shape index (κ3) is 2.60. The van der Waals surface area contributed by atoms with E-state index in [1.54, 1.807) is 0 Å². The minimum atomic E-state index is 0.810. The molecule has 2 heteroatoms. The Morgan fingerprint density at radius 3 is 2.44 bits per heavy atom. The molecule has 2 atom stereocenters. The molecule has 0 N–H and O–H groups in total. The summed E-state index contributed by atoms with van der Waals surface area (Å²) in [5.74, 6) is 1.68. The summed E-state index contributed by atoms with van der Waals surface area (Å²) >= 11 is 3.48. The van der Waals surface area contributed by atoms with Crippen LogP contribution in [-0.2, 0) is 5.33 Å². The van der Waals surface area contributed by atoms with E-state index < -0.39 is 0 Å². The van der Waals surface area contributed by atoms with E-state index in [0.29, 0.717) is 0 Å². The van der Waals surface area contributed by atoms with Crippen molar-refractivity contribution in [2.24, 2.45) is 11.8 Å². The summed E-state index contributed by atoms with van der Waals surface area (Å²) in [4.78, 5) is 2.52. The predicted octanol–water partition coefficient (Wildman–Crippen LogP) is 4.06. The van der Waals surface area contributed by atoms with Crippen LogP contribution in [0.15, 0.2) is 24.3 Å². The Morgan fingerprint density at radius 2 is 1.88 bits per heavy atom. The molecule has 2 unspecified atom stereocenters. The SMILES string of the molecule is CC1CCN(c2ccc(CBr)cc2)CC1C. The summed E-state index contributed by atoms with van der Waals surface area (Å²) < 4.78 is 0. The average molecular weight is 282 g/mol. The molecule has 0 saturated carbocycles. The maximum absolute atomic E-state index is 3.48. The number of alkyl halides is 1. The molecule has 88 valence electrons. The molecule has 0 amide bonds. The predicted molar refractivity (Wildman–Crippen MR) is 74.2 cm³/mol. The molecule has 0 bridgehead atoms. The zero-order valence-electron chi connectivity index (χ0n) is 10.1. The highest BCUT2D eigenvalue weighted by Gasteiger charge is 2.22. The van der Waals surface area contributed by atoms with Crippen LogP contribution in [-0.4, -0.2) is 13.1 Å². The molecule has 0 radical (unpaired) electrons. The largest absolute Gasteiger partial charge is 0.371 e. The van der Waals surface area contributed by atoms with Gasteiger partial charge in [-0.1, -0.05) is 41.9 Å². The van der Waals surface area contributed by atoms with Gasteiger partial charge in [0.2, 0.25) is 0 Å². The van der Waals surface area contributed by atoms with Gasteiger partial charge in [0.15, 0.2) is 0 Å². The molecule has 2 rings (SSSR count). The molecule has 1 aliphatic rings. The Labute approximate surface area is 107 Å². The van der Waals surface area contributed by atoms with Gasteiger partial charge in [-0.2, -0.15) is 0 Å². The molecule has 1 saturated heterocycles. The first-order valence-corrected chi connectivity index (χ1v) is 7.22. The van der Waals surface area contributed by atoms with Crippen LogP contribution >= 0.6 is 15.9 Å². The Balaban J connectivity index is 2.06. The molecule has 0 aliphatic carbocycles. The highest BCUT2D eigenvalue weighted by atomic mass is 79.9. The molecule has 1 nitrogen and oxygen atoms in total. The molecular weight excluding hydrogens is 262 g/mol. The quantitative estimate of drug-likeness (QED) is 0.739. The first-order chi connectivity index (χ1) is 7.70. The van der Waals surface area contributed by atoms with Crippen LogP contribution in [0, 0.1) is 11.8 Å². The van der Waals surface area contributed by atoms with Crippen molar-refractivity contribution in [2.45, 2.75) is 25.6 Å². The first-order valence-electron chi connectivity index (χ1n) is 6.10. The number of rotatable bonds is 2. The maximum atomic E-state index is 3.48. The zero-order valence-corrected chi connectivity index (χ0v) is 11.7. The van der Waals surface area contributed by atoms with Crippen molar-refractivity contribution >= 4 is 21.6 Å². The lowest BCUT2D eigenvalue weighted by Crippen LogP contribution is -2.38. The summed E-state index contributed by atoms with van der Waals surface area (Å²) in [6.45, 7) is 7.15. The van der Waals surface area contributed by atoms with Crippen molar-refractivity contribution in [1.29, 1.82) is 0 Å². The molecule has 1 aromatic carbocycles. The summed E-state index contributed by atoms with van der Waals surface area (Å²) in [5, 5.41) is 0.945. The van der Waals surface area contributed by atoms with Crippen LogP contribution in [0.4, 0.5) is 5.69 Å². The van der Waals surface area contributed by atoms with E-state index >= 15 is 0 Å². The van der Waals surface area contributed by atoms with Gasteiger partial charge >= 0.3 is 0 Å². The number of nitrogens with zero attached hydrogens (tertiary/aromatic N) is 1. The van der Waals surface area contributed by atoms with E-state index in [9.17, 15) is 0 Å². The second-order valence-electron chi connectivity index (χ2n) is 4.99. The highest BCUT2D eigenvalue weighted by molar-refractivity contribution is 9.08. The van der Waals surface area contributed by atoms with Crippen LogP contribution in [0.3, 0.4) is 0 Å². The monoisotopic (exact) mass is 281 g/mol. The molecule has 0 spiro atoms. The van der Waals surface area contributed by atoms with Gasteiger partial charge in [-0.15, -0.1) is 0 Å². The number of piperidine rings is 1. The van der Waals surface area contributed by atoms with Crippen molar-refractivity contribution in [2.75, 3.05) is 18.0 Å². The fraction of sp³-hybridized carbons (Fsp3) is 0.571. The van der Waals surface area contributed by atoms with Crippen LogP contribution in [0.25, 0.3) is 0 Å². The van der Waals surface area contributed by atoms with E-state index in [1.165, 1.54) is 30.8 Å². The number of hydrogen-bond donors (Lipinski definition) is 0. The Hall–Kier alpha value is -0.500. The lowest BCUT2D eigenvalue weighted by Gasteiger charge is -2.36.